The molecule has 18 heavy (non-hydrogen) atoms. The minimum atomic E-state index is -0.406. The maximum Gasteiger partial charge on any atom is 0.0762 e. The van der Waals surface area contributed by atoms with E-state index in [0.29, 0.717) is 6.04 Å². The van der Waals surface area contributed by atoms with E-state index < -0.39 is 6.10 Å². The molecular weight excluding hydrogens is 290 g/mol. The van der Waals surface area contributed by atoms with Gasteiger partial charge in [0.1, 0.15) is 0 Å². The lowest BCUT2D eigenvalue weighted by Gasteiger charge is -2.31. The van der Waals surface area contributed by atoms with Crippen molar-refractivity contribution in [3.63, 3.8) is 0 Å². The molecule has 1 N–H and O–H groups in total. The van der Waals surface area contributed by atoms with E-state index in [4.69, 9.17) is 0 Å². The Kier molecular flexibility index (Phi) is 4.68. The second kappa shape index (κ2) is 6.07. The van der Waals surface area contributed by atoms with Gasteiger partial charge in [-0.15, -0.1) is 0 Å². The first-order valence-electron chi connectivity index (χ1n) is 6.87. The van der Waals surface area contributed by atoms with Crippen LogP contribution in [-0.2, 0) is 0 Å². The van der Waals surface area contributed by atoms with Gasteiger partial charge in [0.25, 0.3) is 0 Å². The molecule has 1 aliphatic carbocycles. The number of rotatable bonds is 4. The van der Waals surface area contributed by atoms with Crippen LogP contribution >= 0.6 is 15.9 Å². The summed E-state index contributed by atoms with van der Waals surface area (Å²) in [5.41, 5.74) is 2.22. The van der Waals surface area contributed by atoms with E-state index in [1.54, 1.807) is 6.92 Å². The Morgan fingerprint density at radius 2 is 2.06 bits per heavy atom. The molecule has 1 aliphatic rings. The van der Waals surface area contributed by atoms with Crippen molar-refractivity contribution >= 4 is 21.6 Å². The Labute approximate surface area is 118 Å². The zero-order valence-electron chi connectivity index (χ0n) is 11.2. The Balaban J connectivity index is 2.25. The molecule has 0 radical (unpaired) electrons. The number of hydrogen-bond acceptors (Lipinski definition) is 2. The van der Waals surface area contributed by atoms with Crippen molar-refractivity contribution in [1.29, 1.82) is 0 Å². The van der Waals surface area contributed by atoms with E-state index in [9.17, 15) is 5.11 Å². The number of aliphatic hydroxyl groups excluding tert-OH is 1. The summed E-state index contributed by atoms with van der Waals surface area (Å²) in [6.45, 7) is 5.06. The SMILES string of the molecule is CCN(c1ccc([C@H](C)O)cc1Br)C1CCCC1. The van der Waals surface area contributed by atoms with E-state index in [2.05, 4.69) is 33.8 Å². The predicted octanol–water partition coefficient (Wildman–Crippen LogP) is 4.27. The van der Waals surface area contributed by atoms with Crippen LogP contribution in [0.3, 0.4) is 0 Å². The highest BCUT2D eigenvalue weighted by Gasteiger charge is 2.23. The van der Waals surface area contributed by atoms with Crippen molar-refractivity contribution in [3.05, 3.63) is 28.2 Å². The topological polar surface area (TPSA) is 23.5 Å². The summed E-state index contributed by atoms with van der Waals surface area (Å²) in [5.74, 6) is 0. The normalized spacial score (nSPS) is 18.0. The molecule has 2 rings (SSSR count). The lowest BCUT2D eigenvalue weighted by atomic mass is 10.1. The Bertz CT molecular complexity index is 399. The standard InChI is InChI=1S/C15H22BrNO/c1-3-17(13-6-4-5-7-13)15-9-8-12(11(2)18)10-14(15)16/h8-11,13,18H,3-7H2,1-2H3/t11-/m0/s1. The van der Waals surface area contributed by atoms with Crippen LogP contribution in [0.25, 0.3) is 0 Å². The molecule has 1 fully saturated rings. The molecular formula is C15H22BrNO. The molecule has 0 spiro atoms. The summed E-state index contributed by atoms with van der Waals surface area (Å²) in [7, 11) is 0. The molecule has 0 unspecified atom stereocenters. The van der Waals surface area contributed by atoms with Gasteiger partial charge in [0.15, 0.2) is 0 Å². The van der Waals surface area contributed by atoms with Gasteiger partial charge in [-0.05, 0) is 60.3 Å². The fraction of sp³-hybridized carbons (Fsp3) is 0.600. The van der Waals surface area contributed by atoms with E-state index in [1.165, 1.54) is 31.4 Å². The molecule has 100 valence electrons. The van der Waals surface area contributed by atoms with Gasteiger partial charge >= 0.3 is 0 Å². The van der Waals surface area contributed by atoms with Crippen molar-refractivity contribution in [2.75, 3.05) is 11.4 Å². The fourth-order valence-electron chi connectivity index (χ4n) is 2.86. The summed E-state index contributed by atoms with van der Waals surface area (Å²) in [5, 5.41) is 9.61. The van der Waals surface area contributed by atoms with Gasteiger partial charge < -0.3 is 10.0 Å². The number of halogens is 1. The lowest BCUT2D eigenvalue weighted by molar-refractivity contribution is 0.199. The number of hydrogen-bond donors (Lipinski definition) is 1. The molecule has 0 saturated heterocycles. The zero-order chi connectivity index (χ0) is 13.1. The molecule has 0 aromatic heterocycles. The van der Waals surface area contributed by atoms with Crippen molar-refractivity contribution in [2.45, 2.75) is 51.7 Å². The molecule has 0 bridgehead atoms. The first-order chi connectivity index (χ1) is 8.63. The van der Waals surface area contributed by atoms with Gasteiger partial charge in [-0.2, -0.15) is 0 Å². The van der Waals surface area contributed by atoms with Gasteiger partial charge in [0.05, 0.1) is 11.8 Å². The summed E-state index contributed by atoms with van der Waals surface area (Å²) in [6, 6.07) is 6.89. The largest absolute Gasteiger partial charge is 0.389 e. The van der Waals surface area contributed by atoms with Crippen LogP contribution in [0.5, 0.6) is 0 Å². The van der Waals surface area contributed by atoms with Crippen LogP contribution in [-0.4, -0.2) is 17.7 Å². The molecule has 1 aromatic rings. The average Bonchev–Trinajstić information content (AvgIpc) is 2.85. The molecule has 1 saturated carbocycles. The van der Waals surface area contributed by atoms with Gasteiger partial charge in [-0.25, -0.2) is 0 Å². The van der Waals surface area contributed by atoms with Crippen LogP contribution in [0.2, 0.25) is 0 Å². The monoisotopic (exact) mass is 311 g/mol. The first-order valence-corrected chi connectivity index (χ1v) is 7.67. The Morgan fingerprint density at radius 1 is 1.39 bits per heavy atom. The Morgan fingerprint density at radius 3 is 2.56 bits per heavy atom. The average molecular weight is 312 g/mol. The highest BCUT2D eigenvalue weighted by molar-refractivity contribution is 9.10. The fourth-order valence-corrected chi connectivity index (χ4v) is 3.48. The van der Waals surface area contributed by atoms with Gasteiger partial charge in [-0.1, -0.05) is 18.9 Å². The second-order valence-electron chi connectivity index (χ2n) is 5.11. The van der Waals surface area contributed by atoms with E-state index in [-0.39, 0.29) is 0 Å². The maximum absolute atomic E-state index is 9.61. The number of anilines is 1. The van der Waals surface area contributed by atoms with Gasteiger partial charge in [0, 0.05) is 17.1 Å². The summed E-state index contributed by atoms with van der Waals surface area (Å²) < 4.78 is 1.09. The maximum atomic E-state index is 9.61. The highest BCUT2D eigenvalue weighted by atomic mass is 79.9. The lowest BCUT2D eigenvalue weighted by Crippen LogP contribution is -2.33. The number of benzene rings is 1. The third-order valence-corrected chi connectivity index (χ3v) is 4.50. The first kappa shape index (κ1) is 13.9. The Hall–Kier alpha value is -0.540. The third-order valence-electron chi connectivity index (χ3n) is 3.87. The summed E-state index contributed by atoms with van der Waals surface area (Å²) >= 11 is 3.65. The molecule has 0 heterocycles. The third kappa shape index (κ3) is 2.89. The minimum absolute atomic E-state index is 0.406. The molecule has 3 heteroatoms. The predicted molar refractivity (Wildman–Crippen MR) is 80.1 cm³/mol. The number of aliphatic hydroxyl groups is 1. The highest BCUT2D eigenvalue weighted by Crippen LogP contribution is 2.34. The molecule has 2 nitrogen and oxygen atoms in total. The minimum Gasteiger partial charge on any atom is -0.389 e. The molecule has 1 atom stereocenters. The molecule has 1 aromatic carbocycles. The van der Waals surface area contributed by atoms with Crippen LogP contribution in [0.1, 0.15) is 51.2 Å². The van der Waals surface area contributed by atoms with Crippen LogP contribution < -0.4 is 4.90 Å². The van der Waals surface area contributed by atoms with Gasteiger partial charge in [0.2, 0.25) is 0 Å². The quantitative estimate of drug-likeness (QED) is 0.897. The van der Waals surface area contributed by atoms with Gasteiger partial charge in [-0.3, -0.25) is 0 Å². The van der Waals surface area contributed by atoms with Crippen LogP contribution in [0.15, 0.2) is 22.7 Å². The van der Waals surface area contributed by atoms with Crippen LogP contribution in [0.4, 0.5) is 5.69 Å². The van der Waals surface area contributed by atoms with Crippen LogP contribution in [0, 0.1) is 0 Å². The second-order valence-corrected chi connectivity index (χ2v) is 5.97. The molecule has 0 amide bonds. The van der Waals surface area contributed by atoms with E-state index >= 15 is 0 Å². The molecule has 0 aliphatic heterocycles. The van der Waals surface area contributed by atoms with Crippen molar-refractivity contribution in [2.24, 2.45) is 0 Å². The van der Waals surface area contributed by atoms with Crippen molar-refractivity contribution in [3.8, 4) is 0 Å². The zero-order valence-corrected chi connectivity index (χ0v) is 12.8. The smallest absolute Gasteiger partial charge is 0.0762 e. The van der Waals surface area contributed by atoms with Crippen molar-refractivity contribution in [1.82, 2.24) is 0 Å². The summed E-state index contributed by atoms with van der Waals surface area (Å²) in [6.07, 6.45) is 4.91. The summed E-state index contributed by atoms with van der Waals surface area (Å²) in [4.78, 5) is 2.49. The van der Waals surface area contributed by atoms with Crippen molar-refractivity contribution < 1.29 is 5.11 Å². The van der Waals surface area contributed by atoms with E-state index in [0.717, 1.165) is 16.6 Å². The van der Waals surface area contributed by atoms with E-state index in [1.807, 2.05) is 12.1 Å². The number of nitrogens with zero attached hydrogens (tertiary/aromatic N) is 1.